The third-order valence-electron chi connectivity index (χ3n) is 2.68. The van der Waals surface area contributed by atoms with E-state index in [4.69, 9.17) is 4.74 Å². The smallest absolute Gasteiger partial charge is 0.414 e. The minimum absolute atomic E-state index is 0.159. The Labute approximate surface area is 118 Å². The molecule has 0 saturated carbocycles. The van der Waals surface area contributed by atoms with Gasteiger partial charge in [-0.2, -0.15) is 0 Å². The molecule has 1 aliphatic rings. The quantitative estimate of drug-likeness (QED) is 0.776. The molecule has 0 aliphatic carbocycles. The first-order valence-electron chi connectivity index (χ1n) is 5.49. The van der Waals surface area contributed by atoms with Crippen molar-refractivity contribution in [3.05, 3.63) is 27.3 Å². The van der Waals surface area contributed by atoms with Crippen molar-refractivity contribution >= 4 is 40.2 Å². The number of halogens is 1. The first-order valence-corrected chi connectivity index (χ1v) is 6.57. The SMILES string of the molecule is CCOC(=O)N1CC(=O)C(O)c2cc(I)ccc21. The number of carbonyl (C=O) groups excluding carboxylic acids is 2. The van der Waals surface area contributed by atoms with E-state index in [9.17, 15) is 14.7 Å². The summed E-state index contributed by atoms with van der Waals surface area (Å²) in [6.45, 7) is 1.78. The molecule has 96 valence electrons. The van der Waals surface area contributed by atoms with Crippen molar-refractivity contribution in [2.75, 3.05) is 18.1 Å². The fourth-order valence-electron chi connectivity index (χ4n) is 1.86. The summed E-state index contributed by atoms with van der Waals surface area (Å²) in [5.41, 5.74) is 0.979. The highest BCUT2D eigenvalue weighted by atomic mass is 127. The number of fused-ring (bicyclic) bond motifs is 1. The van der Waals surface area contributed by atoms with Gasteiger partial charge < -0.3 is 9.84 Å². The van der Waals surface area contributed by atoms with Gasteiger partial charge in [-0.3, -0.25) is 9.69 Å². The molecule has 0 bridgehead atoms. The molecule has 0 radical (unpaired) electrons. The predicted molar refractivity (Wildman–Crippen MR) is 73.5 cm³/mol. The number of anilines is 1. The maximum absolute atomic E-state index is 11.8. The lowest BCUT2D eigenvalue weighted by Gasteiger charge is -2.30. The van der Waals surface area contributed by atoms with Gasteiger partial charge in [0.2, 0.25) is 0 Å². The lowest BCUT2D eigenvalue weighted by molar-refractivity contribution is -0.126. The van der Waals surface area contributed by atoms with E-state index in [0.717, 1.165) is 3.57 Å². The summed E-state index contributed by atoms with van der Waals surface area (Å²) >= 11 is 2.09. The lowest BCUT2D eigenvalue weighted by Crippen LogP contribution is -2.42. The minimum Gasteiger partial charge on any atom is -0.449 e. The average molecular weight is 361 g/mol. The highest BCUT2D eigenvalue weighted by Crippen LogP contribution is 2.33. The van der Waals surface area contributed by atoms with Crippen molar-refractivity contribution in [3.8, 4) is 0 Å². The van der Waals surface area contributed by atoms with Gasteiger partial charge >= 0.3 is 6.09 Å². The summed E-state index contributed by atoms with van der Waals surface area (Å²) in [6.07, 6.45) is -1.74. The molecule has 0 spiro atoms. The summed E-state index contributed by atoms with van der Waals surface area (Å²) in [5, 5.41) is 9.85. The van der Waals surface area contributed by atoms with Crippen molar-refractivity contribution in [2.45, 2.75) is 13.0 Å². The van der Waals surface area contributed by atoms with Crippen molar-refractivity contribution in [1.29, 1.82) is 0 Å². The van der Waals surface area contributed by atoms with E-state index in [1.807, 2.05) is 6.07 Å². The summed E-state index contributed by atoms with van der Waals surface area (Å²) < 4.78 is 5.80. The normalized spacial score (nSPS) is 18.5. The van der Waals surface area contributed by atoms with E-state index in [1.54, 1.807) is 19.1 Å². The van der Waals surface area contributed by atoms with E-state index in [2.05, 4.69) is 22.6 Å². The number of rotatable bonds is 1. The summed E-state index contributed by atoms with van der Waals surface area (Å²) in [5.74, 6) is -0.405. The van der Waals surface area contributed by atoms with Crippen LogP contribution in [-0.2, 0) is 9.53 Å². The predicted octanol–water partition coefficient (Wildman–Crippen LogP) is 1.87. The van der Waals surface area contributed by atoms with Crippen LogP contribution in [0.2, 0.25) is 0 Å². The van der Waals surface area contributed by atoms with Crippen LogP contribution < -0.4 is 4.90 Å². The molecule has 0 aromatic heterocycles. The van der Waals surface area contributed by atoms with Crippen LogP contribution >= 0.6 is 22.6 Å². The second kappa shape index (κ2) is 5.23. The molecule has 6 heteroatoms. The van der Waals surface area contributed by atoms with Gasteiger partial charge in [-0.05, 0) is 47.7 Å². The van der Waals surface area contributed by atoms with Crippen LogP contribution in [0.5, 0.6) is 0 Å². The zero-order valence-corrected chi connectivity index (χ0v) is 11.9. The van der Waals surface area contributed by atoms with E-state index in [0.29, 0.717) is 11.3 Å². The third-order valence-corrected chi connectivity index (χ3v) is 3.35. The highest BCUT2D eigenvalue weighted by molar-refractivity contribution is 14.1. The fourth-order valence-corrected chi connectivity index (χ4v) is 2.37. The minimum atomic E-state index is -1.17. The Hall–Kier alpha value is -1.15. The van der Waals surface area contributed by atoms with Crippen LogP contribution in [0, 0.1) is 3.57 Å². The standard InChI is InChI=1S/C12H12INO4/c1-2-18-12(17)14-6-10(15)11(16)8-5-7(13)3-4-9(8)14/h3-5,11,16H,2,6H2,1H3. The molecule has 0 saturated heterocycles. The van der Waals surface area contributed by atoms with Crippen LogP contribution in [0.25, 0.3) is 0 Å². The number of hydrogen-bond acceptors (Lipinski definition) is 4. The number of benzene rings is 1. The Balaban J connectivity index is 2.44. The van der Waals surface area contributed by atoms with Gasteiger partial charge in [-0.15, -0.1) is 0 Å². The van der Waals surface area contributed by atoms with Crippen LogP contribution in [-0.4, -0.2) is 30.1 Å². The van der Waals surface area contributed by atoms with Crippen molar-refractivity contribution in [1.82, 2.24) is 0 Å². The van der Waals surface area contributed by atoms with Crippen molar-refractivity contribution < 1.29 is 19.4 Å². The summed E-state index contributed by atoms with van der Waals surface area (Å²) in [4.78, 5) is 24.7. The molecule has 1 aliphatic heterocycles. The largest absolute Gasteiger partial charge is 0.449 e. The number of aliphatic hydroxyl groups excluding tert-OH is 1. The Morgan fingerprint density at radius 3 is 3.00 bits per heavy atom. The van der Waals surface area contributed by atoms with E-state index in [-0.39, 0.29) is 13.2 Å². The molecule has 1 N–H and O–H groups in total. The van der Waals surface area contributed by atoms with Crippen LogP contribution in [0.15, 0.2) is 18.2 Å². The Morgan fingerprint density at radius 1 is 1.61 bits per heavy atom. The molecule has 0 fully saturated rings. The first kappa shape index (κ1) is 13.3. The number of amides is 1. The molecular formula is C12H12INO4. The number of nitrogens with zero attached hydrogens (tertiary/aromatic N) is 1. The molecule has 18 heavy (non-hydrogen) atoms. The summed E-state index contributed by atoms with van der Waals surface area (Å²) in [7, 11) is 0. The number of aliphatic hydroxyl groups is 1. The van der Waals surface area contributed by atoms with E-state index < -0.39 is 18.0 Å². The Bertz CT molecular complexity index is 503. The topological polar surface area (TPSA) is 66.8 Å². The second-order valence-electron chi connectivity index (χ2n) is 3.86. The summed E-state index contributed by atoms with van der Waals surface area (Å²) in [6, 6.07) is 5.22. The highest BCUT2D eigenvalue weighted by Gasteiger charge is 2.34. The maximum Gasteiger partial charge on any atom is 0.414 e. The molecule has 1 aromatic rings. The average Bonchev–Trinajstić information content (AvgIpc) is 2.34. The number of Topliss-reactive ketones (excluding diaryl/α,β-unsaturated/α-hetero) is 1. The molecule has 1 atom stereocenters. The van der Waals surface area contributed by atoms with E-state index >= 15 is 0 Å². The lowest BCUT2D eigenvalue weighted by atomic mass is 9.98. The van der Waals surface area contributed by atoms with Crippen LogP contribution in [0.1, 0.15) is 18.6 Å². The van der Waals surface area contributed by atoms with Gasteiger partial charge in [-0.1, -0.05) is 0 Å². The monoisotopic (exact) mass is 361 g/mol. The molecule has 5 nitrogen and oxygen atoms in total. The van der Waals surface area contributed by atoms with Crippen LogP contribution in [0.4, 0.5) is 10.5 Å². The zero-order chi connectivity index (χ0) is 13.3. The zero-order valence-electron chi connectivity index (χ0n) is 9.72. The van der Waals surface area contributed by atoms with E-state index in [1.165, 1.54) is 4.90 Å². The van der Waals surface area contributed by atoms with Gasteiger partial charge in [0, 0.05) is 9.13 Å². The molecule has 1 unspecified atom stereocenters. The second-order valence-corrected chi connectivity index (χ2v) is 5.10. The number of carbonyl (C=O) groups is 2. The molecule has 1 amide bonds. The van der Waals surface area contributed by atoms with Gasteiger partial charge in [0.25, 0.3) is 0 Å². The van der Waals surface area contributed by atoms with Crippen LogP contribution in [0.3, 0.4) is 0 Å². The van der Waals surface area contributed by atoms with Gasteiger partial charge in [0.1, 0.15) is 6.10 Å². The number of hydrogen-bond donors (Lipinski definition) is 1. The number of ketones is 1. The first-order chi connectivity index (χ1) is 8.54. The fraction of sp³-hybridized carbons (Fsp3) is 0.333. The third kappa shape index (κ3) is 2.35. The van der Waals surface area contributed by atoms with Gasteiger partial charge in [-0.25, -0.2) is 4.79 Å². The molecular weight excluding hydrogens is 349 g/mol. The van der Waals surface area contributed by atoms with Crippen molar-refractivity contribution in [3.63, 3.8) is 0 Å². The Kier molecular flexibility index (Phi) is 3.86. The Morgan fingerprint density at radius 2 is 2.33 bits per heavy atom. The molecule has 1 heterocycles. The van der Waals surface area contributed by atoms with Gasteiger partial charge in [0.05, 0.1) is 18.8 Å². The van der Waals surface area contributed by atoms with Crippen molar-refractivity contribution in [2.24, 2.45) is 0 Å². The molecule has 2 rings (SSSR count). The number of ether oxygens (including phenoxy) is 1. The maximum atomic E-state index is 11.8. The molecule has 1 aromatic carbocycles. The van der Waals surface area contributed by atoms with Gasteiger partial charge in [0.15, 0.2) is 5.78 Å².